The average molecular weight is 440 g/mol. The van der Waals surface area contributed by atoms with Crippen LogP contribution in [0.2, 0.25) is 0 Å². The summed E-state index contributed by atoms with van der Waals surface area (Å²) >= 11 is 5.30. The molecule has 0 amide bonds. The number of thiophene rings is 1. The molecule has 2 unspecified atom stereocenters. The number of hydrogen-bond donors (Lipinski definition) is 0. The van der Waals surface area contributed by atoms with Crippen LogP contribution >= 0.6 is 27.3 Å². The molecule has 2 nitrogen and oxygen atoms in total. The van der Waals surface area contributed by atoms with Gasteiger partial charge >= 0.3 is 0 Å². The minimum absolute atomic E-state index is 0.101. The Kier molecular flexibility index (Phi) is 4.10. The number of fused-ring (bicyclic) bond motifs is 5. The van der Waals surface area contributed by atoms with Crippen LogP contribution in [0, 0.1) is 5.82 Å². The van der Waals surface area contributed by atoms with Crippen molar-refractivity contribution in [2.75, 3.05) is 4.90 Å². The minimum Gasteiger partial charge on any atom is -0.465 e. The van der Waals surface area contributed by atoms with Gasteiger partial charge in [-0.05, 0) is 60.9 Å². The maximum absolute atomic E-state index is 14.9. The van der Waals surface area contributed by atoms with E-state index in [1.165, 1.54) is 16.5 Å². The molecule has 6 heteroatoms. The molecule has 1 aromatic heterocycles. The van der Waals surface area contributed by atoms with E-state index < -0.39 is 0 Å². The summed E-state index contributed by atoms with van der Waals surface area (Å²) < 4.78 is 22.2. The van der Waals surface area contributed by atoms with Gasteiger partial charge in [0.15, 0.2) is 0 Å². The van der Waals surface area contributed by atoms with Crippen LogP contribution in [0.5, 0.6) is 5.75 Å². The first-order valence-electron chi connectivity index (χ1n) is 8.96. The summed E-state index contributed by atoms with van der Waals surface area (Å²) in [5.74, 6) is 0.253. The molecule has 2 aliphatic heterocycles. The second-order valence-corrected chi connectivity index (χ2v) is 9.06. The van der Waals surface area contributed by atoms with Gasteiger partial charge in [-0.2, -0.15) is 0 Å². The van der Waals surface area contributed by atoms with E-state index in [2.05, 4.69) is 52.0 Å². The molecule has 0 aliphatic carbocycles. The van der Waals surface area contributed by atoms with Gasteiger partial charge in [0.25, 0.3) is 0 Å². The molecule has 0 spiro atoms. The Morgan fingerprint density at radius 1 is 1.26 bits per heavy atom. The molecular weight excluding hydrogens is 424 g/mol. The van der Waals surface area contributed by atoms with Gasteiger partial charge in [0.05, 0.1) is 16.5 Å². The van der Waals surface area contributed by atoms with E-state index in [0.717, 1.165) is 27.9 Å². The predicted octanol–water partition coefficient (Wildman–Crippen LogP) is 5.20. The summed E-state index contributed by atoms with van der Waals surface area (Å²) in [7, 11) is 5.90. The summed E-state index contributed by atoms with van der Waals surface area (Å²) in [5.41, 5.74) is 3.28. The second-order valence-electron chi connectivity index (χ2n) is 6.94. The van der Waals surface area contributed by atoms with Gasteiger partial charge in [0.1, 0.15) is 19.4 Å². The van der Waals surface area contributed by atoms with Crippen molar-refractivity contribution >= 4 is 46.3 Å². The maximum atomic E-state index is 14.9. The standard InChI is InChI=1S/C21H16BBrFNOS/c1-2-14-4-6-19(27-14)21-25-16-5-3-13(23)7-11(16)8-17(25)20-15(24)9-12(22)10-18(20)26-21/h3-7,9-10,17,21H,2,8H2,1H3. The average Bonchev–Trinajstić information content (AvgIpc) is 3.24. The van der Waals surface area contributed by atoms with Crippen LogP contribution < -0.4 is 15.1 Å². The van der Waals surface area contributed by atoms with Crippen molar-refractivity contribution < 1.29 is 9.13 Å². The number of aryl methyl sites for hydroxylation is 1. The molecule has 2 aliphatic rings. The predicted molar refractivity (Wildman–Crippen MR) is 112 cm³/mol. The van der Waals surface area contributed by atoms with Crippen LogP contribution in [0.4, 0.5) is 10.1 Å². The number of ether oxygens (including phenoxy) is 1. The molecule has 3 aromatic rings. The topological polar surface area (TPSA) is 12.5 Å². The molecule has 0 saturated carbocycles. The molecule has 134 valence electrons. The van der Waals surface area contributed by atoms with Crippen molar-refractivity contribution in [1.29, 1.82) is 0 Å². The van der Waals surface area contributed by atoms with Crippen LogP contribution in [0.1, 0.15) is 40.1 Å². The van der Waals surface area contributed by atoms with Crippen molar-refractivity contribution in [2.24, 2.45) is 0 Å². The molecule has 2 radical (unpaired) electrons. The van der Waals surface area contributed by atoms with Crippen molar-refractivity contribution in [2.45, 2.75) is 32.0 Å². The summed E-state index contributed by atoms with van der Waals surface area (Å²) in [6.45, 7) is 2.15. The zero-order valence-corrected chi connectivity index (χ0v) is 17.1. The van der Waals surface area contributed by atoms with Gasteiger partial charge in [-0.1, -0.05) is 28.3 Å². The first-order chi connectivity index (χ1) is 13.0. The Labute approximate surface area is 171 Å². The Hall–Kier alpha value is -1.79. The van der Waals surface area contributed by atoms with Gasteiger partial charge in [0, 0.05) is 15.0 Å². The molecule has 3 heterocycles. The molecular formula is C21H16BBrFNOS. The highest BCUT2D eigenvalue weighted by Crippen LogP contribution is 2.53. The number of nitrogens with zero attached hydrogens (tertiary/aromatic N) is 1. The zero-order chi connectivity index (χ0) is 18.7. The van der Waals surface area contributed by atoms with E-state index in [1.54, 1.807) is 17.4 Å². The third-order valence-electron chi connectivity index (χ3n) is 5.28. The van der Waals surface area contributed by atoms with Crippen molar-refractivity contribution in [3.05, 3.63) is 73.6 Å². The van der Waals surface area contributed by atoms with E-state index in [9.17, 15) is 4.39 Å². The first kappa shape index (κ1) is 17.3. The van der Waals surface area contributed by atoms with E-state index in [4.69, 9.17) is 12.6 Å². The quantitative estimate of drug-likeness (QED) is 0.508. The number of hydrogen-bond acceptors (Lipinski definition) is 3. The normalized spacial score (nSPS) is 20.0. The van der Waals surface area contributed by atoms with E-state index in [1.807, 2.05) is 6.07 Å². The maximum Gasteiger partial charge on any atom is 0.208 e. The lowest BCUT2D eigenvalue weighted by Gasteiger charge is -2.40. The van der Waals surface area contributed by atoms with E-state index in [-0.39, 0.29) is 18.1 Å². The highest BCUT2D eigenvalue weighted by Gasteiger charge is 2.44. The number of halogens is 2. The van der Waals surface area contributed by atoms with Crippen molar-refractivity contribution in [1.82, 2.24) is 0 Å². The van der Waals surface area contributed by atoms with Crippen LogP contribution in [-0.2, 0) is 12.8 Å². The largest absolute Gasteiger partial charge is 0.465 e. The summed E-state index contributed by atoms with van der Waals surface area (Å²) in [6, 6.07) is 13.5. The van der Waals surface area contributed by atoms with Crippen LogP contribution in [0.15, 0.2) is 46.9 Å². The molecule has 2 aromatic carbocycles. The summed E-state index contributed by atoms with van der Waals surface area (Å²) in [5, 5.41) is 0. The molecule has 0 bridgehead atoms. The van der Waals surface area contributed by atoms with Crippen molar-refractivity contribution in [3.63, 3.8) is 0 Å². The van der Waals surface area contributed by atoms with Crippen LogP contribution in [0.3, 0.4) is 0 Å². The summed E-state index contributed by atoms with van der Waals surface area (Å²) in [4.78, 5) is 4.65. The molecule has 5 rings (SSSR count). The van der Waals surface area contributed by atoms with Crippen LogP contribution in [-0.4, -0.2) is 7.85 Å². The smallest absolute Gasteiger partial charge is 0.208 e. The lowest BCUT2D eigenvalue weighted by molar-refractivity contribution is 0.168. The monoisotopic (exact) mass is 439 g/mol. The molecule has 0 fully saturated rings. The first-order valence-corrected chi connectivity index (χ1v) is 10.6. The lowest BCUT2D eigenvalue weighted by Crippen LogP contribution is -2.38. The third kappa shape index (κ3) is 2.73. The zero-order valence-electron chi connectivity index (χ0n) is 14.7. The highest BCUT2D eigenvalue weighted by atomic mass is 79.9. The van der Waals surface area contributed by atoms with Crippen molar-refractivity contribution in [3.8, 4) is 5.75 Å². The van der Waals surface area contributed by atoms with Gasteiger partial charge in [-0.15, -0.1) is 11.3 Å². The Balaban J connectivity index is 1.70. The Bertz CT molecular complexity index is 1050. The molecule has 2 atom stereocenters. The second kappa shape index (κ2) is 6.38. The highest BCUT2D eigenvalue weighted by molar-refractivity contribution is 9.10. The fourth-order valence-corrected chi connectivity index (χ4v) is 5.49. The Morgan fingerprint density at radius 3 is 2.89 bits per heavy atom. The summed E-state index contributed by atoms with van der Waals surface area (Å²) in [6.07, 6.45) is 1.45. The number of benzene rings is 2. The minimum atomic E-state index is -0.300. The number of anilines is 1. The molecule has 0 N–H and O–H groups in total. The fourth-order valence-electron chi connectivity index (χ4n) is 4.10. The van der Waals surface area contributed by atoms with Gasteiger partial charge < -0.3 is 9.64 Å². The molecule has 0 saturated heterocycles. The fraction of sp³-hybridized carbons (Fsp3) is 0.238. The Morgan fingerprint density at radius 2 is 2.11 bits per heavy atom. The number of rotatable bonds is 2. The molecule has 27 heavy (non-hydrogen) atoms. The third-order valence-corrected chi connectivity index (χ3v) is 7.04. The van der Waals surface area contributed by atoms with Gasteiger partial charge in [0.2, 0.25) is 6.23 Å². The SMILES string of the molecule is [B]c1cc(F)c2c(c1)OC(c1ccc(CC)s1)N1c3ccc(Br)cc3CC21. The van der Waals surface area contributed by atoms with Crippen LogP contribution in [0.25, 0.3) is 0 Å². The van der Waals surface area contributed by atoms with Gasteiger partial charge in [-0.25, -0.2) is 4.39 Å². The van der Waals surface area contributed by atoms with Gasteiger partial charge in [-0.3, -0.25) is 0 Å². The van der Waals surface area contributed by atoms with E-state index in [0.29, 0.717) is 16.8 Å². The van der Waals surface area contributed by atoms with E-state index >= 15 is 0 Å². The lowest BCUT2D eigenvalue weighted by atomic mass is 9.90.